The van der Waals surface area contributed by atoms with Crippen molar-refractivity contribution in [3.8, 4) is 0 Å². The van der Waals surface area contributed by atoms with E-state index >= 15 is 0 Å². The molecular formula is C27H49N11O11. The van der Waals surface area contributed by atoms with Crippen LogP contribution in [0, 0.1) is 5.92 Å². The fourth-order valence-corrected chi connectivity index (χ4v) is 3.91. The van der Waals surface area contributed by atoms with Crippen molar-refractivity contribution in [2.24, 2.45) is 33.8 Å². The molecule has 49 heavy (non-hydrogen) atoms. The zero-order valence-corrected chi connectivity index (χ0v) is 27.6. The number of aliphatic carboxylic acids is 1. The molecule has 0 heterocycles. The molecule has 0 aliphatic carbocycles. The van der Waals surface area contributed by atoms with Crippen molar-refractivity contribution in [1.82, 2.24) is 31.9 Å². The number of aliphatic hydroxyl groups excluding tert-OH is 2. The van der Waals surface area contributed by atoms with Gasteiger partial charge in [0.05, 0.1) is 32.2 Å². The number of rotatable bonds is 23. The van der Waals surface area contributed by atoms with E-state index in [1.807, 2.05) is 5.32 Å². The number of hydrogen-bond acceptors (Lipinski definition) is 12. The first kappa shape index (κ1) is 43.9. The number of carboxylic acids is 1. The predicted octanol–water partition coefficient (Wildman–Crippen LogP) is -7.08. The van der Waals surface area contributed by atoms with Gasteiger partial charge in [-0.1, -0.05) is 13.8 Å². The number of primary amides is 1. The third-order valence-electron chi connectivity index (χ3n) is 6.49. The summed E-state index contributed by atoms with van der Waals surface area (Å²) < 4.78 is 0. The van der Waals surface area contributed by atoms with Crippen LogP contribution in [0.4, 0.5) is 0 Å². The van der Waals surface area contributed by atoms with E-state index in [2.05, 4.69) is 31.6 Å². The molecule has 0 aromatic heterocycles. The summed E-state index contributed by atoms with van der Waals surface area (Å²) in [6.07, 6.45) is -0.174. The lowest BCUT2D eigenvalue weighted by Gasteiger charge is -2.25. The van der Waals surface area contributed by atoms with Crippen molar-refractivity contribution in [2.45, 2.75) is 82.7 Å². The van der Waals surface area contributed by atoms with Crippen LogP contribution in [0.5, 0.6) is 0 Å². The topological polar surface area (TPSA) is 386 Å². The summed E-state index contributed by atoms with van der Waals surface area (Å²) in [4.78, 5) is 102. The second-order valence-corrected chi connectivity index (χ2v) is 11.3. The summed E-state index contributed by atoms with van der Waals surface area (Å²) >= 11 is 0. The largest absolute Gasteiger partial charge is 0.480 e. The summed E-state index contributed by atoms with van der Waals surface area (Å²) in [5, 5.41) is 41.1. The average Bonchev–Trinajstić information content (AvgIpc) is 3.01. The first-order valence-electron chi connectivity index (χ1n) is 15.1. The van der Waals surface area contributed by atoms with Crippen molar-refractivity contribution >= 4 is 53.3 Å². The fourth-order valence-electron chi connectivity index (χ4n) is 3.91. The number of nitrogens with two attached hydrogens (primary N) is 4. The molecule has 0 unspecified atom stereocenters. The van der Waals surface area contributed by atoms with E-state index < -0.39 is 110 Å². The van der Waals surface area contributed by atoms with E-state index in [1.54, 1.807) is 13.8 Å². The van der Waals surface area contributed by atoms with Crippen LogP contribution in [0.2, 0.25) is 0 Å². The minimum Gasteiger partial charge on any atom is -0.480 e. The summed E-state index contributed by atoms with van der Waals surface area (Å²) in [7, 11) is 0. The number of aliphatic hydroxyl groups is 2. The van der Waals surface area contributed by atoms with Crippen molar-refractivity contribution in [1.29, 1.82) is 0 Å². The second kappa shape index (κ2) is 22.5. The summed E-state index contributed by atoms with van der Waals surface area (Å²) in [5.41, 5.74) is 21.5. The number of guanidine groups is 1. The van der Waals surface area contributed by atoms with E-state index in [1.165, 1.54) is 6.92 Å². The SMILES string of the molecule is CC(C)C[C@H](NC(=O)[C@H](CC(N)=O)NC(=O)[C@H](CO)NC(=O)[C@H](C)NC(=O)[C@@H](N)CCCN=C(N)N)C(=O)NCC(=O)N[C@@H](CO)C(=O)O. The normalized spacial score (nSPS) is 14.4. The monoisotopic (exact) mass is 703 g/mol. The second-order valence-electron chi connectivity index (χ2n) is 11.3. The van der Waals surface area contributed by atoms with Gasteiger partial charge in [-0.3, -0.25) is 38.6 Å². The third-order valence-corrected chi connectivity index (χ3v) is 6.49. The molecule has 17 N–H and O–H groups in total. The van der Waals surface area contributed by atoms with Crippen LogP contribution in [-0.2, 0) is 38.4 Å². The minimum atomic E-state index is -1.68. The smallest absolute Gasteiger partial charge is 0.328 e. The van der Waals surface area contributed by atoms with Crippen LogP contribution in [0.1, 0.15) is 46.5 Å². The number of carbonyl (C=O) groups excluding carboxylic acids is 7. The molecule has 0 aliphatic heterocycles. The molecule has 0 spiro atoms. The van der Waals surface area contributed by atoms with Crippen molar-refractivity contribution in [3.63, 3.8) is 0 Å². The van der Waals surface area contributed by atoms with Gasteiger partial charge in [-0.05, 0) is 32.1 Å². The minimum absolute atomic E-state index is 0.0175. The molecule has 0 rings (SSSR count). The number of hydrogen-bond donors (Lipinski definition) is 13. The molecule has 7 amide bonds. The Balaban J connectivity index is 5.47. The highest BCUT2D eigenvalue weighted by Gasteiger charge is 2.32. The predicted molar refractivity (Wildman–Crippen MR) is 171 cm³/mol. The van der Waals surface area contributed by atoms with Crippen LogP contribution in [0.25, 0.3) is 0 Å². The van der Waals surface area contributed by atoms with Gasteiger partial charge in [-0.2, -0.15) is 0 Å². The number of amides is 7. The van der Waals surface area contributed by atoms with Gasteiger partial charge >= 0.3 is 5.97 Å². The Morgan fingerprint density at radius 3 is 1.76 bits per heavy atom. The molecule has 0 saturated heterocycles. The molecule has 0 bridgehead atoms. The molecule has 278 valence electrons. The Bertz CT molecular complexity index is 1210. The van der Waals surface area contributed by atoms with E-state index in [-0.39, 0.29) is 31.3 Å². The van der Waals surface area contributed by atoms with Gasteiger partial charge in [0, 0.05) is 6.54 Å². The average molecular weight is 704 g/mol. The summed E-state index contributed by atoms with van der Waals surface area (Å²) in [6, 6.07) is -8.50. The lowest BCUT2D eigenvalue weighted by atomic mass is 10.0. The zero-order valence-electron chi connectivity index (χ0n) is 27.6. The van der Waals surface area contributed by atoms with Gasteiger partial charge in [-0.15, -0.1) is 0 Å². The molecule has 22 heteroatoms. The zero-order chi connectivity index (χ0) is 37.8. The molecule has 0 radical (unpaired) electrons. The van der Waals surface area contributed by atoms with Crippen LogP contribution in [0.15, 0.2) is 4.99 Å². The first-order chi connectivity index (χ1) is 22.8. The van der Waals surface area contributed by atoms with E-state index in [9.17, 15) is 43.5 Å². The van der Waals surface area contributed by atoms with Gasteiger partial charge in [0.25, 0.3) is 0 Å². The van der Waals surface area contributed by atoms with E-state index in [0.29, 0.717) is 6.42 Å². The molecule has 0 fully saturated rings. The Morgan fingerprint density at radius 2 is 1.24 bits per heavy atom. The number of nitrogens with one attached hydrogen (secondary N) is 6. The van der Waals surface area contributed by atoms with Gasteiger partial charge in [-0.25, -0.2) is 4.79 Å². The van der Waals surface area contributed by atoms with Crippen LogP contribution >= 0.6 is 0 Å². The highest BCUT2D eigenvalue weighted by Crippen LogP contribution is 2.07. The lowest BCUT2D eigenvalue weighted by Crippen LogP contribution is -2.60. The number of carbonyl (C=O) groups is 8. The summed E-state index contributed by atoms with van der Waals surface area (Å²) in [5.74, 6) is -8.45. The quantitative estimate of drug-likeness (QED) is 0.0267. The Morgan fingerprint density at radius 1 is 0.694 bits per heavy atom. The number of nitrogens with zero attached hydrogens (tertiary/aromatic N) is 1. The first-order valence-corrected chi connectivity index (χ1v) is 15.1. The standard InChI is InChI=1S/C27H49N11O11/c1-12(2)7-15(23(45)33-9-20(42)35-18(11-40)26(48)49)36-24(46)16(8-19(29)41)37-25(47)17(10-39)38-21(43)13(3)34-22(44)14(28)5-4-6-32-27(30)31/h12-18,39-40H,4-11,28H2,1-3H3,(H2,29,41)(H,33,45)(H,34,44)(H,35,42)(H,36,46)(H,37,47)(H,38,43)(H,48,49)(H4,30,31,32)/t13-,14-,15-,16-,17-,18-/m0/s1. The van der Waals surface area contributed by atoms with Gasteiger partial charge in [0.2, 0.25) is 41.4 Å². The Labute approximate surface area is 281 Å². The van der Waals surface area contributed by atoms with E-state index in [0.717, 1.165) is 0 Å². The third kappa shape index (κ3) is 18.1. The van der Waals surface area contributed by atoms with Crippen LogP contribution in [0.3, 0.4) is 0 Å². The van der Waals surface area contributed by atoms with Crippen LogP contribution in [-0.4, -0.2) is 131 Å². The molecule has 22 nitrogen and oxygen atoms in total. The fraction of sp³-hybridized carbons (Fsp3) is 0.667. The van der Waals surface area contributed by atoms with Gasteiger partial charge in [0.1, 0.15) is 30.2 Å². The van der Waals surface area contributed by atoms with Crippen LogP contribution < -0.4 is 54.8 Å². The highest BCUT2D eigenvalue weighted by molar-refractivity contribution is 5.98. The molecule has 0 aliphatic rings. The Hall–Kier alpha value is -5.09. The molecule has 6 atom stereocenters. The van der Waals surface area contributed by atoms with Gasteiger partial charge < -0.3 is 70.2 Å². The number of aliphatic imine (C=N–C) groups is 1. The maximum Gasteiger partial charge on any atom is 0.328 e. The molecular weight excluding hydrogens is 654 g/mol. The van der Waals surface area contributed by atoms with Crippen molar-refractivity contribution in [3.05, 3.63) is 0 Å². The van der Waals surface area contributed by atoms with Crippen molar-refractivity contribution < 1.29 is 53.7 Å². The molecule has 0 aromatic rings. The Kier molecular flexibility index (Phi) is 20.1. The lowest BCUT2D eigenvalue weighted by molar-refractivity contribution is -0.142. The maximum atomic E-state index is 13.1. The van der Waals surface area contributed by atoms with Crippen molar-refractivity contribution in [2.75, 3.05) is 26.3 Å². The molecule has 0 saturated carbocycles. The highest BCUT2D eigenvalue weighted by atomic mass is 16.4. The van der Waals surface area contributed by atoms with E-state index in [4.69, 9.17) is 33.1 Å². The van der Waals surface area contributed by atoms with Gasteiger partial charge in [0.15, 0.2) is 5.96 Å². The molecule has 0 aromatic carbocycles. The maximum absolute atomic E-state index is 13.1. The summed E-state index contributed by atoms with van der Waals surface area (Å²) in [6.45, 7) is 2.36. The number of carboxylic acid groups (broad SMARTS) is 1.